The Morgan fingerprint density at radius 3 is 3.19 bits per heavy atom. The van der Waals surface area contributed by atoms with Gasteiger partial charge < -0.3 is 10.0 Å². The van der Waals surface area contributed by atoms with Crippen molar-refractivity contribution >= 4 is 39.9 Å². The Hall–Kier alpha value is -0.0700. The number of rotatable bonds is 2. The van der Waals surface area contributed by atoms with E-state index in [9.17, 15) is 5.11 Å². The lowest BCUT2D eigenvalue weighted by atomic mass is 9.99. The normalized spacial score (nSPS) is 21.2. The molecule has 1 aliphatic rings. The summed E-state index contributed by atoms with van der Waals surface area (Å²) in [6, 6.07) is 1.91. The molecule has 1 fully saturated rings. The van der Waals surface area contributed by atoms with Gasteiger partial charge in [-0.05, 0) is 47.4 Å². The molecular weight excluding hydrogens is 338 g/mol. The van der Waals surface area contributed by atoms with Crippen LogP contribution >= 0.6 is 34.2 Å². The molecule has 0 spiro atoms. The zero-order chi connectivity index (χ0) is 11.5. The van der Waals surface area contributed by atoms with Crippen LogP contribution in [0.1, 0.15) is 12.8 Å². The third kappa shape index (κ3) is 2.78. The van der Waals surface area contributed by atoms with Crippen LogP contribution < -0.4 is 4.90 Å². The van der Waals surface area contributed by atoms with E-state index in [4.69, 9.17) is 11.6 Å². The van der Waals surface area contributed by atoms with Gasteiger partial charge in [-0.15, -0.1) is 0 Å². The van der Waals surface area contributed by atoms with Gasteiger partial charge in [-0.25, -0.2) is 4.98 Å². The van der Waals surface area contributed by atoms with E-state index in [1.807, 2.05) is 6.07 Å². The van der Waals surface area contributed by atoms with Crippen molar-refractivity contribution in [1.82, 2.24) is 4.98 Å². The predicted octanol–water partition coefficient (Wildman–Crippen LogP) is 2.55. The molecule has 5 heteroatoms. The van der Waals surface area contributed by atoms with E-state index < -0.39 is 0 Å². The lowest BCUT2D eigenvalue weighted by Gasteiger charge is -2.34. The predicted molar refractivity (Wildman–Crippen MR) is 74.0 cm³/mol. The van der Waals surface area contributed by atoms with Crippen LogP contribution in [0.3, 0.4) is 0 Å². The van der Waals surface area contributed by atoms with Crippen molar-refractivity contribution in [1.29, 1.82) is 0 Å². The summed E-state index contributed by atoms with van der Waals surface area (Å²) in [6.07, 6.45) is 4.03. The van der Waals surface area contributed by atoms with Gasteiger partial charge in [0.05, 0.1) is 9.26 Å². The first-order valence-electron chi connectivity index (χ1n) is 5.37. The summed E-state index contributed by atoms with van der Waals surface area (Å²) in [4.78, 5) is 6.35. The lowest BCUT2D eigenvalue weighted by Crippen LogP contribution is -2.37. The second-order valence-electron chi connectivity index (χ2n) is 4.10. The maximum Gasteiger partial charge on any atom is 0.131 e. The second kappa shape index (κ2) is 5.51. The van der Waals surface area contributed by atoms with Crippen LogP contribution in [0, 0.1) is 9.49 Å². The number of pyridine rings is 1. The number of anilines is 1. The van der Waals surface area contributed by atoms with Crippen LogP contribution in [0.25, 0.3) is 0 Å². The molecule has 1 aromatic rings. The molecule has 0 radical (unpaired) electrons. The Labute approximate surface area is 114 Å². The minimum atomic E-state index is 0.270. The van der Waals surface area contributed by atoms with Gasteiger partial charge in [0.15, 0.2) is 0 Å². The topological polar surface area (TPSA) is 36.4 Å². The van der Waals surface area contributed by atoms with Gasteiger partial charge in [-0.3, -0.25) is 0 Å². The molecule has 0 aromatic carbocycles. The molecular formula is C11H14ClIN2O. The lowest BCUT2D eigenvalue weighted by molar-refractivity contribution is 0.208. The Kier molecular flexibility index (Phi) is 4.27. The fourth-order valence-electron chi connectivity index (χ4n) is 2.08. The molecule has 1 aromatic heterocycles. The molecule has 1 aliphatic heterocycles. The first kappa shape index (κ1) is 12.4. The van der Waals surface area contributed by atoms with Gasteiger partial charge in [-0.1, -0.05) is 11.6 Å². The van der Waals surface area contributed by atoms with Gasteiger partial charge in [-0.2, -0.15) is 0 Å². The van der Waals surface area contributed by atoms with Crippen molar-refractivity contribution in [2.45, 2.75) is 12.8 Å². The van der Waals surface area contributed by atoms with Crippen LogP contribution in [0.4, 0.5) is 5.69 Å². The highest BCUT2D eigenvalue weighted by molar-refractivity contribution is 14.1. The Bertz CT molecular complexity index is 375. The van der Waals surface area contributed by atoms with E-state index in [0.29, 0.717) is 11.1 Å². The van der Waals surface area contributed by atoms with Crippen molar-refractivity contribution in [3.05, 3.63) is 21.0 Å². The molecule has 2 rings (SSSR count). The number of piperidine rings is 1. The van der Waals surface area contributed by atoms with E-state index in [0.717, 1.165) is 35.2 Å². The molecule has 0 aliphatic carbocycles. The molecule has 2 heterocycles. The Morgan fingerprint density at radius 1 is 1.62 bits per heavy atom. The van der Waals surface area contributed by atoms with E-state index in [-0.39, 0.29) is 6.61 Å². The zero-order valence-corrected chi connectivity index (χ0v) is 11.8. The van der Waals surface area contributed by atoms with Crippen LogP contribution in [0.15, 0.2) is 12.3 Å². The van der Waals surface area contributed by atoms with E-state index in [1.54, 1.807) is 6.20 Å². The van der Waals surface area contributed by atoms with E-state index in [2.05, 4.69) is 32.5 Å². The molecule has 0 saturated carbocycles. The molecule has 88 valence electrons. The van der Waals surface area contributed by atoms with Crippen LogP contribution in [-0.4, -0.2) is 29.8 Å². The zero-order valence-electron chi connectivity index (χ0n) is 8.87. The fraction of sp³-hybridized carbons (Fsp3) is 0.545. The highest BCUT2D eigenvalue weighted by Gasteiger charge is 2.21. The van der Waals surface area contributed by atoms with Crippen LogP contribution in [0.2, 0.25) is 5.15 Å². The Balaban J connectivity index is 2.19. The first-order valence-corrected chi connectivity index (χ1v) is 6.83. The molecule has 0 amide bonds. The van der Waals surface area contributed by atoms with E-state index >= 15 is 0 Å². The summed E-state index contributed by atoms with van der Waals surface area (Å²) in [5.41, 5.74) is 1.14. The third-order valence-electron chi connectivity index (χ3n) is 2.92. The third-order valence-corrected chi connectivity index (χ3v) is 3.96. The fourth-order valence-corrected chi connectivity index (χ4v) is 2.87. The van der Waals surface area contributed by atoms with Gasteiger partial charge in [0.1, 0.15) is 5.15 Å². The number of aliphatic hydroxyl groups excluding tert-OH is 1. The molecule has 1 atom stereocenters. The number of hydrogen-bond donors (Lipinski definition) is 1. The molecule has 1 saturated heterocycles. The van der Waals surface area contributed by atoms with Gasteiger partial charge in [0, 0.05) is 25.9 Å². The quantitative estimate of drug-likeness (QED) is 0.656. The summed E-state index contributed by atoms with van der Waals surface area (Å²) in [6.45, 7) is 2.21. The molecule has 3 nitrogen and oxygen atoms in total. The number of hydrogen-bond acceptors (Lipinski definition) is 3. The monoisotopic (exact) mass is 352 g/mol. The van der Waals surface area contributed by atoms with Gasteiger partial charge in [0.25, 0.3) is 0 Å². The van der Waals surface area contributed by atoms with Crippen LogP contribution in [0.5, 0.6) is 0 Å². The SMILES string of the molecule is OCC1CCCN(c2cc(Cl)ncc2I)C1. The molecule has 1 unspecified atom stereocenters. The van der Waals surface area contributed by atoms with Gasteiger partial charge >= 0.3 is 0 Å². The molecule has 16 heavy (non-hydrogen) atoms. The average molecular weight is 353 g/mol. The number of aliphatic hydroxyl groups is 1. The molecule has 1 N–H and O–H groups in total. The molecule has 0 bridgehead atoms. The maximum absolute atomic E-state index is 9.21. The highest BCUT2D eigenvalue weighted by atomic mass is 127. The largest absolute Gasteiger partial charge is 0.396 e. The van der Waals surface area contributed by atoms with E-state index in [1.165, 1.54) is 0 Å². The summed E-state index contributed by atoms with van der Waals surface area (Å²) in [7, 11) is 0. The van der Waals surface area contributed by atoms with Crippen molar-refractivity contribution in [2.75, 3.05) is 24.6 Å². The van der Waals surface area contributed by atoms with Crippen molar-refractivity contribution in [3.8, 4) is 0 Å². The number of nitrogens with zero attached hydrogens (tertiary/aromatic N) is 2. The summed E-state index contributed by atoms with van der Waals surface area (Å²) >= 11 is 8.19. The van der Waals surface area contributed by atoms with Crippen molar-refractivity contribution < 1.29 is 5.11 Å². The standard InChI is InChI=1S/C11H14ClIN2O/c12-11-4-10(9(13)5-14-11)15-3-1-2-8(6-15)7-16/h4-5,8,16H,1-3,6-7H2. The first-order chi connectivity index (χ1) is 7.70. The van der Waals surface area contributed by atoms with Crippen LogP contribution in [-0.2, 0) is 0 Å². The summed E-state index contributed by atoms with van der Waals surface area (Å²) in [5, 5.41) is 9.74. The summed E-state index contributed by atoms with van der Waals surface area (Å²) in [5.74, 6) is 0.386. The van der Waals surface area contributed by atoms with Crippen molar-refractivity contribution in [3.63, 3.8) is 0 Å². The minimum absolute atomic E-state index is 0.270. The number of aromatic nitrogens is 1. The second-order valence-corrected chi connectivity index (χ2v) is 5.64. The Morgan fingerprint density at radius 2 is 2.44 bits per heavy atom. The summed E-state index contributed by atoms with van der Waals surface area (Å²) < 4.78 is 1.11. The maximum atomic E-state index is 9.21. The van der Waals surface area contributed by atoms with Crippen molar-refractivity contribution in [2.24, 2.45) is 5.92 Å². The smallest absolute Gasteiger partial charge is 0.131 e. The highest BCUT2D eigenvalue weighted by Crippen LogP contribution is 2.28. The van der Waals surface area contributed by atoms with Gasteiger partial charge in [0.2, 0.25) is 0 Å². The average Bonchev–Trinajstić information content (AvgIpc) is 2.32. The number of halogens is 2. The minimum Gasteiger partial charge on any atom is -0.396 e.